The van der Waals surface area contributed by atoms with Gasteiger partial charge >= 0.3 is 5.97 Å². The summed E-state index contributed by atoms with van der Waals surface area (Å²) in [5.41, 5.74) is 1.16. The quantitative estimate of drug-likeness (QED) is 0.640. The Hall–Kier alpha value is -2.99. The third-order valence-corrected chi connectivity index (χ3v) is 5.90. The first-order valence-electron chi connectivity index (χ1n) is 9.83. The van der Waals surface area contributed by atoms with E-state index in [1.807, 2.05) is 37.3 Å². The zero-order chi connectivity index (χ0) is 20.8. The van der Waals surface area contributed by atoms with Crippen LogP contribution in [0, 0.1) is 18.8 Å². The molecule has 29 heavy (non-hydrogen) atoms. The molecule has 0 aromatic heterocycles. The number of aryl methyl sites for hydroxylation is 1. The summed E-state index contributed by atoms with van der Waals surface area (Å²) in [7, 11) is 0. The predicted molar refractivity (Wildman–Crippen MR) is 108 cm³/mol. The number of anilines is 1. The normalized spacial score (nSPS) is 28.5. The maximum atomic E-state index is 13.4. The van der Waals surface area contributed by atoms with E-state index in [4.69, 9.17) is 4.74 Å². The minimum Gasteiger partial charge on any atom is -0.465 e. The van der Waals surface area contributed by atoms with Gasteiger partial charge in [0.25, 0.3) is 0 Å². The Morgan fingerprint density at radius 2 is 1.83 bits per heavy atom. The van der Waals surface area contributed by atoms with Crippen molar-refractivity contribution < 1.29 is 19.1 Å². The van der Waals surface area contributed by atoms with E-state index in [1.54, 1.807) is 38.1 Å². The van der Waals surface area contributed by atoms with Crippen molar-refractivity contribution in [2.45, 2.75) is 32.4 Å². The van der Waals surface area contributed by atoms with Gasteiger partial charge < -0.3 is 4.74 Å². The van der Waals surface area contributed by atoms with Crippen LogP contribution in [0.5, 0.6) is 0 Å². The number of hydrogen-bond donors (Lipinski definition) is 1. The first-order valence-corrected chi connectivity index (χ1v) is 9.83. The second-order valence-electron chi connectivity index (χ2n) is 7.81. The summed E-state index contributed by atoms with van der Waals surface area (Å²) in [4.78, 5) is 41.0. The SMILES string of the molecule is CCOC(=O)[C@]1(C)N[C@H](c2cccc(C)c2)[C@@H]2C(=O)N(c3ccccc3)C(=O)[C@H]21. The molecule has 0 saturated carbocycles. The van der Waals surface area contributed by atoms with E-state index in [1.165, 1.54) is 4.90 Å². The molecule has 4 atom stereocenters. The van der Waals surface area contributed by atoms with Crippen LogP contribution < -0.4 is 10.2 Å². The number of imide groups is 1. The van der Waals surface area contributed by atoms with Gasteiger partial charge in [-0.25, -0.2) is 4.90 Å². The number of esters is 1. The molecule has 2 aliphatic rings. The van der Waals surface area contributed by atoms with Crippen LogP contribution in [0.25, 0.3) is 0 Å². The maximum absolute atomic E-state index is 13.4. The van der Waals surface area contributed by atoms with Crippen LogP contribution in [0.2, 0.25) is 0 Å². The Morgan fingerprint density at radius 1 is 1.10 bits per heavy atom. The van der Waals surface area contributed by atoms with Crippen molar-refractivity contribution in [3.8, 4) is 0 Å². The van der Waals surface area contributed by atoms with Gasteiger partial charge in [-0.15, -0.1) is 0 Å². The van der Waals surface area contributed by atoms with Crippen LogP contribution >= 0.6 is 0 Å². The molecule has 150 valence electrons. The summed E-state index contributed by atoms with van der Waals surface area (Å²) in [6, 6.07) is 16.2. The van der Waals surface area contributed by atoms with Gasteiger partial charge in [0.2, 0.25) is 11.8 Å². The molecule has 6 nitrogen and oxygen atoms in total. The molecule has 0 aliphatic carbocycles. The van der Waals surface area contributed by atoms with Gasteiger partial charge in [-0.1, -0.05) is 48.0 Å². The van der Waals surface area contributed by atoms with Gasteiger partial charge in [-0.2, -0.15) is 0 Å². The van der Waals surface area contributed by atoms with Crippen molar-refractivity contribution >= 4 is 23.5 Å². The molecule has 0 spiro atoms. The summed E-state index contributed by atoms with van der Waals surface area (Å²) in [6.07, 6.45) is 0. The van der Waals surface area contributed by atoms with Crippen molar-refractivity contribution in [2.24, 2.45) is 11.8 Å². The Kier molecular flexibility index (Phi) is 4.74. The second-order valence-corrected chi connectivity index (χ2v) is 7.81. The van der Waals surface area contributed by atoms with Gasteiger partial charge in [-0.05, 0) is 38.5 Å². The third-order valence-electron chi connectivity index (χ3n) is 5.90. The number of carbonyl (C=O) groups excluding carboxylic acids is 3. The number of amides is 2. The molecular weight excluding hydrogens is 368 g/mol. The van der Waals surface area contributed by atoms with Gasteiger partial charge in [0, 0.05) is 6.04 Å². The summed E-state index contributed by atoms with van der Waals surface area (Å²) in [5, 5.41) is 3.29. The van der Waals surface area contributed by atoms with E-state index in [0.717, 1.165) is 11.1 Å². The number of carbonyl (C=O) groups is 3. The van der Waals surface area contributed by atoms with Crippen molar-refractivity contribution in [1.82, 2.24) is 5.32 Å². The smallest absolute Gasteiger partial charge is 0.326 e. The highest BCUT2D eigenvalue weighted by atomic mass is 16.5. The average molecular weight is 392 g/mol. The van der Waals surface area contributed by atoms with E-state index >= 15 is 0 Å². The van der Waals surface area contributed by atoms with Crippen molar-refractivity contribution in [1.29, 1.82) is 0 Å². The van der Waals surface area contributed by atoms with E-state index < -0.39 is 29.4 Å². The first kappa shape index (κ1) is 19.3. The highest BCUT2D eigenvalue weighted by molar-refractivity contribution is 6.24. The average Bonchev–Trinajstić information content (AvgIpc) is 3.17. The lowest BCUT2D eigenvalue weighted by Crippen LogP contribution is -2.54. The van der Waals surface area contributed by atoms with Gasteiger partial charge in [0.15, 0.2) is 0 Å². The minimum absolute atomic E-state index is 0.202. The molecule has 2 fully saturated rings. The minimum atomic E-state index is -1.29. The molecule has 0 unspecified atom stereocenters. The van der Waals surface area contributed by atoms with Crippen LogP contribution in [-0.4, -0.2) is 29.9 Å². The van der Waals surface area contributed by atoms with Gasteiger partial charge in [0.1, 0.15) is 5.54 Å². The zero-order valence-corrected chi connectivity index (χ0v) is 16.7. The summed E-state index contributed by atoms with van der Waals surface area (Å²) < 4.78 is 5.29. The molecule has 2 aromatic carbocycles. The number of para-hydroxylation sites is 1. The lowest BCUT2D eigenvalue weighted by molar-refractivity contribution is -0.153. The molecule has 1 N–H and O–H groups in total. The van der Waals surface area contributed by atoms with Crippen LogP contribution in [-0.2, 0) is 19.1 Å². The summed E-state index contributed by atoms with van der Waals surface area (Å²) in [5.74, 6) is -2.69. The standard InChI is InChI=1S/C23H24N2O4/c1-4-29-22(28)23(3)18-17(19(24-23)15-10-8-9-14(2)13-15)20(26)25(21(18)27)16-11-6-5-7-12-16/h5-13,17-19,24H,4H2,1-3H3/t17-,18+,19-,23-/m1/s1. The fraction of sp³-hybridized carbons (Fsp3) is 0.348. The van der Waals surface area contributed by atoms with Gasteiger partial charge in [0.05, 0.1) is 24.1 Å². The number of hydrogen-bond acceptors (Lipinski definition) is 5. The highest BCUT2D eigenvalue weighted by Crippen LogP contribution is 2.50. The van der Waals surface area contributed by atoms with Crippen molar-refractivity contribution in [2.75, 3.05) is 11.5 Å². The number of ether oxygens (including phenoxy) is 1. The molecule has 0 bridgehead atoms. The molecule has 4 rings (SSSR count). The summed E-state index contributed by atoms with van der Waals surface area (Å²) in [6.45, 7) is 5.56. The molecule has 2 saturated heterocycles. The van der Waals surface area contributed by atoms with E-state index in [9.17, 15) is 14.4 Å². The molecule has 2 amide bonds. The molecule has 2 aromatic rings. The maximum Gasteiger partial charge on any atom is 0.326 e. The van der Waals surface area contributed by atoms with Crippen molar-refractivity contribution in [3.63, 3.8) is 0 Å². The van der Waals surface area contributed by atoms with Crippen molar-refractivity contribution in [3.05, 3.63) is 65.7 Å². The van der Waals surface area contributed by atoms with Crippen LogP contribution in [0.15, 0.2) is 54.6 Å². The van der Waals surface area contributed by atoms with E-state index in [0.29, 0.717) is 5.69 Å². The number of benzene rings is 2. The number of nitrogens with one attached hydrogen (secondary N) is 1. The lowest BCUT2D eigenvalue weighted by Gasteiger charge is -2.29. The van der Waals surface area contributed by atoms with Gasteiger partial charge in [-0.3, -0.25) is 19.7 Å². The summed E-state index contributed by atoms with van der Waals surface area (Å²) >= 11 is 0. The zero-order valence-electron chi connectivity index (χ0n) is 16.7. The number of fused-ring (bicyclic) bond motifs is 1. The number of nitrogens with zero attached hydrogens (tertiary/aromatic N) is 1. The molecule has 2 heterocycles. The van der Waals surface area contributed by atoms with E-state index in [2.05, 4.69) is 5.32 Å². The second kappa shape index (κ2) is 7.12. The Morgan fingerprint density at radius 3 is 2.48 bits per heavy atom. The number of rotatable bonds is 4. The fourth-order valence-corrected chi connectivity index (χ4v) is 4.59. The third kappa shape index (κ3) is 2.95. The van der Waals surface area contributed by atoms with Crippen LogP contribution in [0.1, 0.15) is 31.0 Å². The largest absolute Gasteiger partial charge is 0.465 e. The molecule has 0 radical (unpaired) electrons. The Balaban J connectivity index is 1.82. The van der Waals surface area contributed by atoms with E-state index in [-0.39, 0.29) is 18.4 Å². The fourth-order valence-electron chi connectivity index (χ4n) is 4.59. The molecule has 2 aliphatic heterocycles. The highest BCUT2D eigenvalue weighted by Gasteiger charge is 2.67. The van der Waals surface area contributed by atoms with Crippen LogP contribution in [0.4, 0.5) is 5.69 Å². The van der Waals surface area contributed by atoms with Crippen LogP contribution in [0.3, 0.4) is 0 Å². The Bertz CT molecular complexity index is 974. The molecule has 6 heteroatoms. The monoisotopic (exact) mass is 392 g/mol. The topological polar surface area (TPSA) is 75.7 Å². The first-order chi connectivity index (χ1) is 13.9. The Labute approximate surface area is 169 Å². The molecular formula is C23H24N2O4. The predicted octanol–water partition coefficient (Wildman–Crippen LogP) is 2.77. The lowest BCUT2D eigenvalue weighted by atomic mass is 9.80.